The molecule has 0 aliphatic carbocycles. The number of carbonyl (C=O) groups is 2. The van der Waals surface area contributed by atoms with Crippen molar-refractivity contribution in [3.05, 3.63) is 38.9 Å². The topological polar surface area (TPSA) is 130 Å². The third-order valence-corrected chi connectivity index (χ3v) is 4.11. The van der Waals surface area contributed by atoms with E-state index in [4.69, 9.17) is 14.2 Å². The Labute approximate surface area is 158 Å². The molecule has 0 saturated carbocycles. The molecule has 0 atom stereocenters. The Morgan fingerprint density at radius 2 is 2.00 bits per heavy atom. The molecule has 2 aromatic rings. The highest BCUT2D eigenvalue weighted by atomic mass is 32.1. The van der Waals surface area contributed by atoms with E-state index in [0.29, 0.717) is 0 Å². The van der Waals surface area contributed by atoms with Gasteiger partial charge in [-0.25, -0.2) is 4.98 Å². The van der Waals surface area contributed by atoms with E-state index in [0.717, 1.165) is 17.4 Å². The van der Waals surface area contributed by atoms with Crippen molar-refractivity contribution in [3.63, 3.8) is 0 Å². The second kappa shape index (κ2) is 9.05. The van der Waals surface area contributed by atoms with E-state index in [1.54, 1.807) is 0 Å². The first-order valence-electron chi connectivity index (χ1n) is 7.63. The van der Waals surface area contributed by atoms with Crippen molar-refractivity contribution in [2.45, 2.75) is 6.92 Å². The molecule has 27 heavy (non-hydrogen) atoms. The van der Waals surface area contributed by atoms with E-state index in [1.165, 1.54) is 32.6 Å². The smallest absolute Gasteiger partial charge is 0.286 e. The number of thiazole rings is 1. The first-order valence-corrected chi connectivity index (χ1v) is 8.51. The number of nitrogens with one attached hydrogen (secondary N) is 1. The summed E-state index contributed by atoms with van der Waals surface area (Å²) in [4.78, 5) is 38.5. The second-order valence-electron chi connectivity index (χ2n) is 5.17. The fourth-order valence-corrected chi connectivity index (χ4v) is 2.79. The number of Topliss-reactive ketones (excluding diaryl/α,β-unsaturated/α-hetero) is 1. The molecular formula is C16H17N3O7S. The standard InChI is InChI=1S/C16H17N3O7S/c1-9(20)11-8-27-16(17-11)18-15(21)10-6-13(25-3)14(26-5-4-24-2)7-12(10)19(22)23/h6-8H,4-5H2,1-3H3,(H,17,18,21). The maximum Gasteiger partial charge on any atom is 0.286 e. The molecular weight excluding hydrogens is 378 g/mol. The molecule has 0 radical (unpaired) electrons. The lowest BCUT2D eigenvalue weighted by molar-refractivity contribution is -0.385. The van der Waals surface area contributed by atoms with Crippen LogP contribution in [0.2, 0.25) is 0 Å². The normalized spacial score (nSPS) is 10.3. The van der Waals surface area contributed by atoms with Gasteiger partial charge >= 0.3 is 0 Å². The van der Waals surface area contributed by atoms with Gasteiger partial charge in [0.15, 0.2) is 22.4 Å². The lowest BCUT2D eigenvalue weighted by Crippen LogP contribution is -2.15. The highest BCUT2D eigenvalue weighted by Gasteiger charge is 2.25. The van der Waals surface area contributed by atoms with Gasteiger partial charge in [0, 0.05) is 25.5 Å². The summed E-state index contributed by atoms with van der Waals surface area (Å²) in [5.74, 6) is -0.735. The van der Waals surface area contributed by atoms with E-state index in [-0.39, 0.29) is 46.9 Å². The van der Waals surface area contributed by atoms with Crippen LogP contribution in [0.15, 0.2) is 17.5 Å². The SMILES string of the molecule is COCCOc1cc([N+](=O)[O-])c(C(=O)Nc2nc(C(C)=O)cs2)cc1OC. The number of amides is 1. The number of carbonyl (C=O) groups excluding carboxylic acids is 2. The largest absolute Gasteiger partial charge is 0.493 e. The van der Waals surface area contributed by atoms with E-state index < -0.39 is 16.5 Å². The van der Waals surface area contributed by atoms with E-state index >= 15 is 0 Å². The van der Waals surface area contributed by atoms with Crippen LogP contribution in [-0.4, -0.2) is 49.0 Å². The predicted molar refractivity (Wildman–Crippen MR) is 97.1 cm³/mol. The van der Waals surface area contributed by atoms with Crippen molar-refractivity contribution in [3.8, 4) is 11.5 Å². The summed E-state index contributed by atoms with van der Waals surface area (Å²) < 4.78 is 15.4. The molecule has 0 aliphatic heterocycles. The van der Waals surface area contributed by atoms with Crippen molar-refractivity contribution in [1.82, 2.24) is 4.98 Å². The summed E-state index contributed by atoms with van der Waals surface area (Å²) in [7, 11) is 2.85. The van der Waals surface area contributed by atoms with Gasteiger partial charge < -0.3 is 14.2 Å². The van der Waals surface area contributed by atoms with E-state index in [9.17, 15) is 19.7 Å². The molecule has 1 amide bonds. The van der Waals surface area contributed by atoms with Crippen LogP contribution >= 0.6 is 11.3 Å². The van der Waals surface area contributed by atoms with Crippen molar-refractivity contribution in [2.24, 2.45) is 0 Å². The molecule has 11 heteroatoms. The molecule has 0 bridgehead atoms. The number of nitrogens with zero attached hydrogens (tertiary/aromatic N) is 2. The van der Waals surface area contributed by atoms with Gasteiger partial charge in [0.1, 0.15) is 17.9 Å². The minimum absolute atomic E-state index is 0.117. The molecule has 1 N–H and O–H groups in total. The van der Waals surface area contributed by atoms with Gasteiger partial charge in [0.2, 0.25) is 0 Å². The van der Waals surface area contributed by atoms with Gasteiger partial charge in [-0.2, -0.15) is 0 Å². The second-order valence-corrected chi connectivity index (χ2v) is 6.02. The zero-order valence-corrected chi connectivity index (χ0v) is 15.6. The van der Waals surface area contributed by atoms with Crippen LogP contribution in [0.4, 0.5) is 10.8 Å². The minimum Gasteiger partial charge on any atom is -0.493 e. The number of methoxy groups -OCH3 is 2. The number of nitro benzene ring substituents is 1. The first-order chi connectivity index (χ1) is 12.9. The lowest BCUT2D eigenvalue weighted by atomic mass is 10.1. The summed E-state index contributed by atoms with van der Waals surface area (Å²) in [5, 5.41) is 15.5. The van der Waals surface area contributed by atoms with Gasteiger partial charge in [0.05, 0.1) is 24.7 Å². The van der Waals surface area contributed by atoms with Gasteiger partial charge in [-0.05, 0) is 0 Å². The molecule has 10 nitrogen and oxygen atoms in total. The minimum atomic E-state index is -0.757. The molecule has 0 saturated heterocycles. The highest BCUT2D eigenvalue weighted by molar-refractivity contribution is 7.14. The Bertz CT molecular complexity index is 866. The van der Waals surface area contributed by atoms with Crippen LogP contribution in [0.3, 0.4) is 0 Å². The molecule has 1 aromatic carbocycles. The van der Waals surface area contributed by atoms with Crippen molar-refractivity contribution < 1.29 is 28.7 Å². The van der Waals surface area contributed by atoms with Crippen LogP contribution < -0.4 is 14.8 Å². The number of aromatic nitrogens is 1. The molecule has 0 spiro atoms. The van der Waals surface area contributed by atoms with Crippen molar-refractivity contribution in [1.29, 1.82) is 0 Å². The number of rotatable bonds is 9. The molecule has 0 aliphatic rings. The quantitative estimate of drug-likeness (QED) is 0.297. The maximum absolute atomic E-state index is 12.5. The molecule has 2 rings (SSSR count). The fraction of sp³-hybridized carbons (Fsp3) is 0.312. The number of ether oxygens (including phenoxy) is 3. The summed E-state index contributed by atoms with van der Waals surface area (Å²) >= 11 is 1.04. The van der Waals surface area contributed by atoms with Crippen molar-refractivity contribution >= 4 is 33.8 Å². The fourth-order valence-electron chi connectivity index (χ4n) is 2.05. The van der Waals surface area contributed by atoms with Gasteiger partial charge in [0.25, 0.3) is 11.6 Å². The summed E-state index contributed by atoms with van der Waals surface area (Å²) in [6.07, 6.45) is 0. The third kappa shape index (κ3) is 4.99. The number of hydrogen-bond donors (Lipinski definition) is 1. The molecule has 0 fully saturated rings. The highest BCUT2D eigenvalue weighted by Crippen LogP contribution is 2.35. The Balaban J connectivity index is 2.33. The lowest BCUT2D eigenvalue weighted by Gasteiger charge is -2.12. The molecule has 1 aromatic heterocycles. The number of benzene rings is 1. The van der Waals surface area contributed by atoms with E-state index in [2.05, 4.69) is 10.3 Å². The maximum atomic E-state index is 12.5. The van der Waals surface area contributed by atoms with Crippen LogP contribution in [0, 0.1) is 10.1 Å². The van der Waals surface area contributed by atoms with Gasteiger partial charge in [-0.3, -0.25) is 25.0 Å². The van der Waals surface area contributed by atoms with Crippen LogP contribution in [0.5, 0.6) is 11.5 Å². The van der Waals surface area contributed by atoms with Crippen LogP contribution in [0.25, 0.3) is 0 Å². The zero-order chi connectivity index (χ0) is 20.0. The van der Waals surface area contributed by atoms with E-state index in [1.807, 2.05) is 0 Å². The summed E-state index contributed by atoms with van der Waals surface area (Å²) in [6, 6.07) is 2.33. The number of nitro groups is 1. The van der Waals surface area contributed by atoms with Crippen LogP contribution in [-0.2, 0) is 4.74 Å². The molecule has 144 valence electrons. The third-order valence-electron chi connectivity index (χ3n) is 3.35. The van der Waals surface area contributed by atoms with Crippen LogP contribution in [0.1, 0.15) is 27.8 Å². The average Bonchev–Trinajstić information content (AvgIpc) is 3.10. The average molecular weight is 395 g/mol. The number of hydrogen-bond acceptors (Lipinski definition) is 9. The Morgan fingerprint density at radius 3 is 2.56 bits per heavy atom. The molecule has 0 unspecified atom stereocenters. The van der Waals surface area contributed by atoms with Crippen molar-refractivity contribution in [2.75, 3.05) is 32.8 Å². The Kier molecular flexibility index (Phi) is 6.79. The summed E-state index contributed by atoms with van der Waals surface area (Å²) in [5.41, 5.74) is -0.483. The Morgan fingerprint density at radius 1 is 1.26 bits per heavy atom. The Hall–Kier alpha value is -3.05. The number of anilines is 1. The predicted octanol–water partition coefficient (Wildman–Crippen LogP) is 2.54. The summed E-state index contributed by atoms with van der Waals surface area (Å²) in [6.45, 7) is 1.78. The van der Waals surface area contributed by atoms with Gasteiger partial charge in [-0.1, -0.05) is 0 Å². The molecule has 1 heterocycles. The number of ketones is 1. The zero-order valence-electron chi connectivity index (χ0n) is 14.8. The first kappa shape index (κ1) is 20.3. The van der Waals surface area contributed by atoms with Gasteiger partial charge in [-0.15, -0.1) is 11.3 Å². The monoisotopic (exact) mass is 395 g/mol.